The molecule has 0 amide bonds. The Labute approximate surface area is 89.7 Å². The molecule has 0 aliphatic carbocycles. The second kappa shape index (κ2) is 12.9. The summed E-state index contributed by atoms with van der Waals surface area (Å²) in [5.74, 6) is -1.67. The van der Waals surface area contributed by atoms with Crippen LogP contribution in [0.5, 0.6) is 0 Å². The molecule has 0 aromatic heterocycles. The molecule has 0 aromatic carbocycles. The molecule has 0 radical (unpaired) electrons. The Hall–Kier alpha value is -1.14. The van der Waals surface area contributed by atoms with E-state index in [1.54, 1.807) is 0 Å². The van der Waals surface area contributed by atoms with E-state index in [0.29, 0.717) is 0 Å². The van der Waals surface area contributed by atoms with Gasteiger partial charge in [-0.05, 0) is 19.5 Å². The summed E-state index contributed by atoms with van der Waals surface area (Å²) in [6.07, 6.45) is 1.28. The first-order valence-corrected chi connectivity index (χ1v) is 4.77. The maximum Gasteiger partial charge on any atom is 0.300 e. The van der Waals surface area contributed by atoms with Crippen LogP contribution in [0.2, 0.25) is 0 Å². The molecule has 0 unspecified atom stereocenters. The molecule has 0 bridgehead atoms. The molecule has 6 nitrogen and oxygen atoms in total. The van der Waals surface area contributed by atoms with Gasteiger partial charge in [-0.2, -0.15) is 0 Å². The first-order valence-electron chi connectivity index (χ1n) is 4.77. The fourth-order valence-electron chi connectivity index (χ4n) is 0.765. The number of carboxylic acid groups (broad SMARTS) is 2. The van der Waals surface area contributed by atoms with Crippen molar-refractivity contribution in [3.8, 4) is 0 Å². The van der Waals surface area contributed by atoms with E-state index in [4.69, 9.17) is 19.8 Å². The van der Waals surface area contributed by atoms with Gasteiger partial charge in [0.05, 0.1) is 0 Å². The number of carbonyl (C=O) groups is 2. The molecule has 0 atom stereocenters. The molecule has 4 N–H and O–H groups in total. The maximum absolute atomic E-state index is 9.00. The summed E-state index contributed by atoms with van der Waals surface area (Å²) in [7, 11) is 0. The van der Waals surface area contributed by atoms with Gasteiger partial charge in [0, 0.05) is 26.9 Å². The van der Waals surface area contributed by atoms with Crippen LogP contribution in [0.25, 0.3) is 0 Å². The summed E-state index contributed by atoms with van der Waals surface area (Å²) in [5.41, 5.74) is 0. The van der Waals surface area contributed by atoms with Crippen LogP contribution in [0.1, 0.15) is 20.3 Å². The fourth-order valence-corrected chi connectivity index (χ4v) is 0.765. The molecule has 0 saturated carbocycles. The van der Waals surface area contributed by atoms with E-state index >= 15 is 0 Å². The smallest absolute Gasteiger partial charge is 0.300 e. The number of aliphatic carboxylic acids is 2. The quantitative estimate of drug-likeness (QED) is 0.449. The molecule has 15 heavy (non-hydrogen) atoms. The zero-order valence-electron chi connectivity index (χ0n) is 9.25. The van der Waals surface area contributed by atoms with Crippen molar-refractivity contribution in [2.24, 2.45) is 0 Å². The van der Waals surface area contributed by atoms with Crippen LogP contribution >= 0.6 is 0 Å². The Morgan fingerprint density at radius 3 is 1.40 bits per heavy atom. The normalized spacial score (nSPS) is 14.5. The number of rotatable bonds is 0. The van der Waals surface area contributed by atoms with E-state index in [1.807, 2.05) is 0 Å². The van der Waals surface area contributed by atoms with Gasteiger partial charge in [-0.1, -0.05) is 0 Å². The predicted molar refractivity (Wildman–Crippen MR) is 57.0 cm³/mol. The lowest BCUT2D eigenvalue weighted by Crippen LogP contribution is -2.21. The fraction of sp³-hybridized carbons (Fsp3) is 0.778. The Morgan fingerprint density at radius 1 is 0.867 bits per heavy atom. The lowest BCUT2D eigenvalue weighted by molar-refractivity contribution is -0.135. The minimum atomic E-state index is -0.833. The second-order valence-corrected chi connectivity index (χ2v) is 2.89. The van der Waals surface area contributed by atoms with Crippen LogP contribution in [0.4, 0.5) is 0 Å². The maximum atomic E-state index is 9.00. The summed E-state index contributed by atoms with van der Waals surface area (Å²) in [6.45, 7) is 6.82. The molecular formula is C9H20N2O4. The van der Waals surface area contributed by atoms with Crippen molar-refractivity contribution in [1.82, 2.24) is 10.6 Å². The minimum absolute atomic E-state index is 0.833. The molecule has 6 heteroatoms. The van der Waals surface area contributed by atoms with E-state index in [1.165, 1.54) is 19.5 Å². The molecule has 0 aromatic rings. The molecule has 1 aliphatic heterocycles. The number of nitrogens with one attached hydrogen (secondary N) is 2. The molecule has 1 fully saturated rings. The van der Waals surface area contributed by atoms with Gasteiger partial charge in [0.1, 0.15) is 0 Å². The van der Waals surface area contributed by atoms with Gasteiger partial charge < -0.3 is 20.8 Å². The molecule has 1 saturated heterocycles. The van der Waals surface area contributed by atoms with E-state index in [0.717, 1.165) is 26.9 Å². The highest BCUT2D eigenvalue weighted by Crippen LogP contribution is 1.75. The van der Waals surface area contributed by atoms with E-state index in [9.17, 15) is 0 Å². The van der Waals surface area contributed by atoms with E-state index < -0.39 is 11.9 Å². The molecule has 1 aliphatic rings. The van der Waals surface area contributed by atoms with Gasteiger partial charge in [0.15, 0.2) is 0 Å². The summed E-state index contributed by atoms with van der Waals surface area (Å²) in [5, 5.41) is 21.4. The summed E-state index contributed by atoms with van der Waals surface area (Å²) >= 11 is 0. The lowest BCUT2D eigenvalue weighted by atomic mass is 10.4. The van der Waals surface area contributed by atoms with Crippen molar-refractivity contribution in [3.05, 3.63) is 0 Å². The van der Waals surface area contributed by atoms with Crippen molar-refractivity contribution in [1.29, 1.82) is 0 Å². The van der Waals surface area contributed by atoms with Crippen LogP contribution < -0.4 is 10.6 Å². The van der Waals surface area contributed by atoms with Crippen molar-refractivity contribution < 1.29 is 19.8 Å². The highest BCUT2D eigenvalue weighted by atomic mass is 16.4. The topological polar surface area (TPSA) is 98.7 Å². The van der Waals surface area contributed by atoms with Crippen LogP contribution in [0.3, 0.4) is 0 Å². The van der Waals surface area contributed by atoms with Gasteiger partial charge >= 0.3 is 0 Å². The summed E-state index contributed by atoms with van der Waals surface area (Å²) in [4.78, 5) is 18.0. The zero-order chi connectivity index (χ0) is 12.1. The third kappa shape index (κ3) is 44.2. The summed E-state index contributed by atoms with van der Waals surface area (Å²) in [6, 6.07) is 0. The monoisotopic (exact) mass is 220 g/mol. The average Bonchev–Trinajstić information content (AvgIpc) is 2.31. The van der Waals surface area contributed by atoms with Crippen LogP contribution in [-0.2, 0) is 9.59 Å². The third-order valence-electron chi connectivity index (χ3n) is 1.19. The van der Waals surface area contributed by atoms with Crippen molar-refractivity contribution in [2.45, 2.75) is 20.3 Å². The van der Waals surface area contributed by atoms with Gasteiger partial charge in [-0.15, -0.1) is 0 Å². The first kappa shape index (κ1) is 16.3. The minimum Gasteiger partial charge on any atom is -0.481 e. The predicted octanol–water partition coefficient (Wildman–Crippen LogP) is -0.249. The van der Waals surface area contributed by atoms with Gasteiger partial charge in [-0.3, -0.25) is 9.59 Å². The number of hydrogen-bond donors (Lipinski definition) is 4. The molecule has 0 spiro atoms. The number of hydrogen-bond acceptors (Lipinski definition) is 4. The molecule has 1 heterocycles. The van der Waals surface area contributed by atoms with Crippen molar-refractivity contribution in [2.75, 3.05) is 26.2 Å². The first-order chi connectivity index (χ1) is 6.96. The molecule has 90 valence electrons. The van der Waals surface area contributed by atoms with Gasteiger partial charge in [0.2, 0.25) is 0 Å². The second-order valence-electron chi connectivity index (χ2n) is 2.89. The average molecular weight is 220 g/mol. The number of carboxylic acids is 2. The van der Waals surface area contributed by atoms with E-state index in [-0.39, 0.29) is 0 Å². The standard InChI is InChI=1S/C5H12N2.2C2H4O2/c1-2-6-4-5-7-3-1;2*1-2(3)4/h6-7H,1-5H2;2*1H3,(H,3,4). The Kier molecular flexibility index (Phi) is 14.0. The van der Waals surface area contributed by atoms with Crippen LogP contribution in [0.15, 0.2) is 0 Å². The van der Waals surface area contributed by atoms with Gasteiger partial charge in [0.25, 0.3) is 11.9 Å². The highest BCUT2D eigenvalue weighted by molar-refractivity contribution is 5.63. The van der Waals surface area contributed by atoms with Crippen molar-refractivity contribution in [3.63, 3.8) is 0 Å². The Bertz CT molecular complexity index is 134. The van der Waals surface area contributed by atoms with Crippen molar-refractivity contribution >= 4 is 11.9 Å². The largest absolute Gasteiger partial charge is 0.481 e. The Balaban J connectivity index is 0. The molecular weight excluding hydrogens is 200 g/mol. The lowest BCUT2D eigenvalue weighted by Gasteiger charge is -1.92. The van der Waals surface area contributed by atoms with Crippen LogP contribution in [0, 0.1) is 0 Å². The summed E-state index contributed by atoms with van der Waals surface area (Å²) < 4.78 is 0. The SMILES string of the molecule is C1CNCCNC1.CC(=O)O.CC(=O)O. The zero-order valence-corrected chi connectivity index (χ0v) is 9.25. The highest BCUT2D eigenvalue weighted by Gasteiger charge is 1.92. The van der Waals surface area contributed by atoms with Gasteiger partial charge in [-0.25, -0.2) is 0 Å². The Morgan fingerprint density at radius 2 is 1.13 bits per heavy atom. The van der Waals surface area contributed by atoms with Crippen LogP contribution in [-0.4, -0.2) is 48.3 Å². The third-order valence-corrected chi connectivity index (χ3v) is 1.19. The van der Waals surface area contributed by atoms with E-state index in [2.05, 4.69) is 10.6 Å². The molecule has 1 rings (SSSR count).